The van der Waals surface area contributed by atoms with Crippen LogP contribution in [0.1, 0.15) is 30.9 Å². The lowest BCUT2D eigenvalue weighted by Crippen LogP contribution is -1.96. The van der Waals surface area contributed by atoms with Gasteiger partial charge in [0.25, 0.3) is 0 Å². The lowest BCUT2D eigenvalue weighted by Gasteiger charge is -2.07. The normalized spacial score (nSPS) is 10.6. The van der Waals surface area contributed by atoms with Crippen molar-refractivity contribution < 1.29 is 4.74 Å². The Morgan fingerprint density at radius 1 is 1.33 bits per heavy atom. The topological polar surface area (TPSA) is 9.23 Å². The Morgan fingerprint density at radius 3 is 2.80 bits per heavy atom. The van der Waals surface area contributed by atoms with E-state index in [9.17, 15) is 0 Å². The van der Waals surface area contributed by atoms with E-state index < -0.39 is 0 Å². The molecule has 1 rings (SSSR count). The average molecular weight is 336 g/mol. The minimum absolute atomic E-state index is 0.696. The molecule has 0 fully saturated rings. The highest BCUT2D eigenvalue weighted by Crippen LogP contribution is 2.20. The molecule has 0 atom stereocenters. The molecule has 0 unspecified atom stereocenters. The Balaban J connectivity index is 2.51. The van der Waals surface area contributed by atoms with Crippen LogP contribution in [0.5, 0.6) is 0 Å². The zero-order chi connectivity index (χ0) is 11.1. The highest BCUT2D eigenvalue weighted by Gasteiger charge is 2.01. The molecule has 0 aliphatic rings. The van der Waals surface area contributed by atoms with E-state index >= 15 is 0 Å². The number of hydrogen-bond donors (Lipinski definition) is 0. The van der Waals surface area contributed by atoms with Crippen LogP contribution in [0.25, 0.3) is 0 Å². The van der Waals surface area contributed by atoms with Crippen molar-refractivity contribution in [2.75, 3.05) is 6.61 Å². The summed E-state index contributed by atoms with van der Waals surface area (Å²) in [7, 11) is 0. The molecular weight excluding hydrogens is 320 g/mol. The van der Waals surface area contributed by atoms with Crippen molar-refractivity contribution in [3.8, 4) is 0 Å². The maximum Gasteiger partial charge on any atom is 0.0727 e. The number of rotatable bonds is 6. The lowest BCUT2D eigenvalue weighted by atomic mass is 10.1. The van der Waals surface area contributed by atoms with Gasteiger partial charge in [-0.3, -0.25) is 0 Å². The van der Waals surface area contributed by atoms with Gasteiger partial charge in [-0.15, -0.1) is 0 Å². The van der Waals surface area contributed by atoms with E-state index in [2.05, 4.69) is 57.0 Å². The fraction of sp³-hybridized carbons (Fsp3) is 0.500. The standard InChI is InChI=1S/C12H16Br2O/c1-2-3-6-15-9-11-7-10(8-13)4-5-12(11)14/h4-5,7H,2-3,6,8-9H2,1H3. The van der Waals surface area contributed by atoms with Crippen molar-refractivity contribution in [2.24, 2.45) is 0 Å². The van der Waals surface area contributed by atoms with Crippen molar-refractivity contribution in [3.05, 3.63) is 33.8 Å². The van der Waals surface area contributed by atoms with Crippen molar-refractivity contribution in [1.82, 2.24) is 0 Å². The Kier molecular flexibility index (Phi) is 6.53. The summed E-state index contributed by atoms with van der Waals surface area (Å²) in [4.78, 5) is 0. The Morgan fingerprint density at radius 2 is 2.13 bits per heavy atom. The second-order valence-electron chi connectivity index (χ2n) is 3.47. The van der Waals surface area contributed by atoms with Crippen molar-refractivity contribution in [2.45, 2.75) is 31.7 Å². The van der Waals surface area contributed by atoms with Crippen LogP contribution in [0.2, 0.25) is 0 Å². The van der Waals surface area contributed by atoms with Crippen LogP contribution in [0.15, 0.2) is 22.7 Å². The van der Waals surface area contributed by atoms with Gasteiger partial charge in [-0.25, -0.2) is 0 Å². The van der Waals surface area contributed by atoms with Gasteiger partial charge in [-0.2, -0.15) is 0 Å². The Labute approximate surface area is 108 Å². The van der Waals surface area contributed by atoms with Gasteiger partial charge in [0.15, 0.2) is 0 Å². The summed E-state index contributed by atoms with van der Waals surface area (Å²) in [6, 6.07) is 6.36. The fourth-order valence-corrected chi connectivity index (χ4v) is 1.96. The quantitative estimate of drug-likeness (QED) is 0.542. The zero-order valence-corrected chi connectivity index (χ0v) is 12.1. The maximum atomic E-state index is 5.60. The summed E-state index contributed by atoms with van der Waals surface area (Å²) in [5, 5.41) is 0.891. The number of unbranched alkanes of at least 4 members (excludes halogenated alkanes) is 1. The first-order valence-electron chi connectivity index (χ1n) is 5.19. The molecule has 0 saturated carbocycles. The number of alkyl halides is 1. The third-order valence-electron chi connectivity index (χ3n) is 2.16. The first-order chi connectivity index (χ1) is 7.27. The predicted octanol–water partition coefficient (Wildman–Crippen LogP) is 4.66. The number of ether oxygens (including phenoxy) is 1. The molecule has 0 spiro atoms. The summed E-state index contributed by atoms with van der Waals surface area (Å²) < 4.78 is 6.72. The largest absolute Gasteiger partial charge is 0.377 e. The first-order valence-corrected chi connectivity index (χ1v) is 7.10. The van der Waals surface area contributed by atoms with Gasteiger partial charge >= 0.3 is 0 Å². The van der Waals surface area contributed by atoms with Crippen molar-refractivity contribution >= 4 is 31.9 Å². The summed E-state index contributed by atoms with van der Waals surface area (Å²) in [5.74, 6) is 0. The van der Waals surface area contributed by atoms with E-state index in [0.29, 0.717) is 6.61 Å². The Hall–Kier alpha value is 0.140. The monoisotopic (exact) mass is 334 g/mol. The third-order valence-corrected chi connectivity index (χ3v) is 3.59. The molecule has 0 radical (unpaired) electrons. The van der Waals surface area contributed by atoms with Crippen LogP contribution in [-0.4, -0.2) is 6.61 Å². The van der Waals surface area contributed by atoms with E-state index in [-0.39, 0.29) is 0 Å². The van der Waals surface area contributed by atoms with Crippen LogP contribution >= 0.6 is 31.9 Å². The molecular formula is C12H16Br2O. The molecule has 0 amide bonds. The van der Waals surface area contributed by atoms with Gasteiger partial charge in [-0.05, 0) is 23.6 Å². The molecule has 1 aromatic rings. The first kappa shape index (κ1) is 13.2. The van der Waals surface area contributed by atoms with Crippen LogP contribution in [0, 0.1) is 0 Å². The van der Waals surface area contributed by atoms with Gasteiger partial charge in [0.1, 0.15) is 0 Å². The van der Waals surface area contributed by atoms with Crippen LogP contribution in [0.3, 0.4) is 0 Å². The highest BCUT2D eigenvalue weighted by molar-refractivity contribution is 9.10. The summed E-state index contributed by atoms with van der Waals surface area (Å²) >= 11 is 6.99. The minimum atomic E-state index is 0.696. The summed E-state index contributed by atoms with van der Waals surface area (Å²) in [6.07, 6.45) is 2.32. The van der Waals surface area contributed by atoms with Crippen LogP contribution < -0.4 is 0 Å². The number of benzene rings is 1. The maximum absolute atomic E-state index is 5.60. The summed E-state index contributed by atoms with van der Waals surface area (Å²) in [6.45, 7) is 3.72. The highest BCUT2D eigenvalue weighted by atomic mass is 79.9. The predicted molar refractivity (Wildman–Crippen MR) is 71.3 cm³/mol. The second-order valence-corrected chi connectivity index (χ2v) is 4.88. The summed E-state index contributed by atoms with van der Waals surface area (Å²) in [5.41, 5.74) is 2.51. The molecule has 84 valence electrons. The molecule has 0 saturated heterocycles. The molecule has 1 nitrogen and oxygen atoms in total. The second kappa shape index (κ2) is 7.42. The average Bonchev–Trinajstić information content (AvgIpc) is 2.26. The van der Waals surface area contributed by atoms with Crippen LogP contribution in [-0.2, 0) is 16.7 Å². The SMILES string of the molecule is CCCCOCc1cc(CBr)ccc1Br. The zero-order valence-electron chi connectivity index (χ0n) is 8.93. The molecule has 0 aliphatic carbocycles. The molecule has 3 heteroatoms. The lowest BCUT2D eigenvalue weighted by molar-refractivity contribution is 0.117. The van der Waals surface area contributed by atoms with Crippen molar-refractivity contribution in [1.29, 1.82) is 0 Å². The molecule has 1 aromatic carbocycles. The Bertz CT molecular complexity index is 300. The minimum Gasteiger partial charge on any atom is -0.377 e. The van der Waals surface area contributed by atoms with E-state index in [1.54, 1.807) is 0 Å². The number of hydrogen-bond acceptors (Lipinski definition) is 1. The van der Waals surface area contributed by atoms with Gasteiger partial charge in [0.05, 0.1) is 6.61 Å². The van der Waals surface area contributed by atoms with Gasteiger partial charge in [0, 0.05) is 16.4 Å². The third kappa shape index (κ3) is 4.66. The molecule has 0 aromatic heterocycles. The molecule has 0 bridgehead atoms. The van der Waals surface area contributed by atoms with Gasteiger partial charge < -0.3 is 4.74 Å². The van der Waals surface area contributed by atoms with E-state index in [0.717, 1.165) is 22.8 Å². The van der Waals surface area contributed by atoms with Gasteiger partial charge in [0.2, 0.25) is 0 Å². The molecule has 0 N–H and O–H groups in total. The van der Waals surface area contributed by atoms with Gasteiger partial charge in [-0.1, -0.05) is 57.3 Å². The van der Waals surface area contributed by atoms with Crippen molar-refractivity contribution in [3.63, 3.8) is 0 Å². The van der Waals surface area contributed by atoms with E-state index in [1.165, 1.54) is 17.5 Å². The fourth-order valence-electron chi connectivity index (χ4n) is 1.25. The molecule has 15 heavy (non-hydrogen) atoms. The smallest absolute Gasteiger partial charge is 0.0727 e. The van der Waals surface area contributed by atoms with Crippen LogP contribution in [0.4, 0.5) is 0 Å². The number of halogens is 2. The van der Waals surface area contributed by atoms with E-state index in [4.69, 9.17) is 4.74 Å². The molecule has 0 aliphatic heterocycles. The van der Waals surface area contributed by atoms with E-state index in [1.807, 2.05) is 0 Å². The molecule has 0 heterocycles.